The number of anilines is 1. The first-order chi connectivity index (χ1) is 10.2. The number of nitrogens with zero attached hydrogens (tertiary/aromatic N) is 1. The zero-order chi connectivity index (χ0) is 14.8. The second kappa shape index (κ2) is 6.06. The van der Waals surface area contributed by atoms with Crippen LogP contribution < -0.4 is 10.6 Å². The molecule has 0 aromatic heterocycles. The standard InChI is InChI=1S/C17H25N3O/c1-12-10-13(18-2)5-6-16(12)17(21)19-14-7-9-20-8-3-4-15(20)11-14/h5-6,10,14-15,18H,3-4,7-9,11H2,1-2H3,(H,19,21). The molecule has 0 aliphatic carbocycles. The highest BCUT2D eigenvalue weighted by Gasteiger charge is 2.32. The van der Waals surface area contributed by atoms with Gasteiger partial charge in [0.2, 0.25) is 0 Å². The summed E-state index contributed by atoms with van der Waals surface area (Å²) in [5.41, 5.74) is 2.86. The number of aryl methyl sites for hydroxylation is 1. The molecule has 21 heavy (non-hydrogen) atoms. The Balaban J connectivity index is 1.63. The number of nitrogens with one attached hydrogen (secondary N) is 2. The molecule has 0 spiro atoms. The van der Waals surface area contributed by atoms with Crippen LogP contribution in [0.25, 0.3) is 0 Å². The molecule has 0 saturated carbocycles. The summed E-state index contributed by atoms with van der Waals surface area (Å²) in [6, 6.07) is 6.93. The number of carbonyl (C=O) groups excluding carboxylic acids is 1. The molecule has 3 rings (SSSR count). The van der Waals surface area contributed by atoms with E-state index in [-0.39, 0.29) is 5.91 Å². The predicted molar refractivity (Wildman–Crippen MR) is 85.8 cm³/mol. The molecule has 1 aromatic carbocycles. The molecule has 2 aliphatic heterocycles. The Kier molecular flexibility index (Phi) is 4.15. The molecule has 2 atom stereocenters. The summed E-state index contributed by atoms with van der Waals surface area (Å²) in [6.45, 7) is 4.37. The quantitative estimate of drug-likeness (QED) is 0.897. The van der Waals surface area contributed by atoms with Crippen LogP contribution in [0.2, 0.25) is 0 Å². The minimum Gasteiger partial charge on any atom is -0.388 e. The van der Waals surface area contributed by atoms with E-state index in [1.165, 1.54) is 19.4 Å². The van der Waals surface area contributed by atoms with Gasteiger partial charge in [0.05, 0.1) is 0 Å². The first kappa shape index (κ1) is 14.4. The lowest BCUT2D eigenvalue weighted by atomic mass is 9.97. The molecule has 4 nitrogen and oxygen atoms in total. The number of hydrogen-bond donors (Lipinski definition) is 2. The van der Waals surface area contributed by atoms with Crippen molar-refractivity contribution in [3.05, 3.63) is 29.3 Å². The van der Waals surface area contributed by atoms with Crippen molar-refractivity contribution >= 4 is 11.6 Å². The molecule has 1 aromatic rings. The average Bonchev–Trinajstić information content (AvgIpc) is 2.94. The van der Waals surface area contributed by atoms with Crippen LogP contribution >= 0.6 is 0 Å². The van der Waals surface area contributed by atoms with Gasteiger partial charge >= 0.3 is 0 Å². The third-order valence-electron chi connectivity index (χ3n) is 4.92. The molecule has 2 saturated heterocycles. The Labute approximate surface area is 126 Å². The Bertz CT molecular complexity index is 529. The van der Waals surface area contributed by atoms with Gasteiger partial charge in [-0.2, -0.15) is 0 Å². The van der Waals surface area contributed by atoms with Gasteiger partial charge in [-0.15, -0.1) is 0 Å². The van der Waals surface area contributed by atoms with E-state index in [0.29, 0.717) is 12.1 Å². The van der Waals surface area contributed by atoms with E-state index in [1.54, 1.807) is 0 Å². The molecule has 1 amide bonds. The second-order valence-electron chi connectivity index (χ2n) is 6.31. The molecule has 0 bridgehead atoms. The van der Waals surface area contributed by atoms with E-state index >= 15 is 0 Å². The fraction of sp³-hybridized carbons (Fsp3) is 0.588. The fourth-order valence-electron chi connectivity index (χ4n) is 3.69. The molecule has 114 valence electrons. The van der Waals surface area contributed by atoms with Crippen LogP contribution in [0.1, 0.15) is 41.6 Å². The summed E-state index contributed by atoms with van der Waals surface area (Å²) in [4.78, 5) is 15.1. The average molecular weight is 287 g/mol. The van der Waals surface area contributed by atoms with Crippen molar-refractivity contribution in [3.8, 4) is 0 Å². The van der Waals surface area contributed by atoms with Crippen LogP contribution in [0.15, 0.2) is 18.2 Å². The number of rotatable bonds is 3. The van der Waals surface area contributed by atoms with Gasteiger partial charge in [-0.25, -0.2) is 0 Å². The number of amides is 1. The minimum absolute atomic E-state index is 0.0756. The van der Waals surface area contributed by atoms with Crippen LogP contribution in [0.3, 0.4) is 0 Å². The molecule has 0 radical (unpaired) electrons. The molecule has 2 N–H and O–H groups in total. The Hall–Kier alpha value is -1.55. The first-order valence-corrected chi connectivity index (χ1v) is 8.00. The maximum atomic E-state index is 12.5. The number of benzene rings is 1. The van der Waals surface area contributed by atoms with E-state index in [1.807, 2.05) is 32.2 Å². The summed E-state index contributed by atoms with van der Waals surface area (Å²) >= 11 is 0. The molecule has 2 heterocycles. The maximum absolute atomic E-state index is 12.5. The highest BCUT2D eigenvalue weighted by atomic mass is 16.1. The zero-order valence-corrected chi connectivity index (χ0v) is 13.0. The van der Waals surface area contributed by atoms with E-state index in [4.69, 9.17) is 0 Å². The summed E-state index contributed by atoms with van der Waals surface area (Å²) in [6.07, 6.45) is 4.80. The van der Waals surface area contributed by atoms with Crippen molar-refractivity contribution in [1.82, 2.24) is 10.2 Å². The van der Waals surface area contributed by atoms with Gasteiger partial charge in [0.1, 0.15) is 0 Å². The number of carbonyl (C=O) groups is 1. The monoisotopic (exact) mass is 287 g/mol. The van der Waals surface area contributed by atoms with Crippen molar-refractivity contribution in [2.45, 2.75) is 44.7 Å². The third-order valence-corrected chi connectivity index (χ3v) is 4.92. The number of piperidine rings is 1. The van der Waals surface area contributed by atoms with Gasteiger partial charge in [0.25, 0.3) is 5.91 Å². The van der Waals surface area contributed by atoms with Gasteiger partial charge < -0.3 is 15.5 Å². The lowest BCUT2D eigenvalue weighted by Crippen LogP contribution is -2.47. The van der Waals surface area contributed by atoms with Gasteiger partial charge in [-0.3, -0.25) is 4.79 Å². The number of fused-ring (bicyclic) bond motifs is 1. The molecular weight excluding hydrogens is 262 g/mol. The van der Waals surface area contributed by atoms with Crippen molar-refractivity contribution in [3.63, 3.8) is 0 Å². The third kappa shape index (κ3) is 3.05. The Morgan fingerprint density at radius 3 is 2.90 bits per heavy atom. The zero-order valence-electron chi connectivity index (χ0n) is 13.0. The van der Waals surface area contributed by atoms with E-state index in [0.717, 1.165) is 36.2 Å². The van der Waals surface area contributed by atoms with E-state index in [9.17, 15) is 4.79 Å². The first-order valence-electron chi connectivity index (χ1n) is 8.00. The Morgan fingerprint density at radius 1 is 1.29 bits per heavy atom. The molecular formula is C17H25N3O. The fourth-order valence-corrected chi connectivity index (χ4v) is 3.69. The summed E-state index contributed by atoms with van der Waals surface area (Å²) < 4.78 is 0. The molecule has 2 aliphatic rings. The maximum Gasteiger partial charge on any atom is 0.251 e. The summed E-state index contributed by atoms with van der Waals surface area (Å²) in [7, 11) is 1.89. The lowest BCUT2D eigenvalue weighted by Gasteiger charge is -2.35. The number of hydrogen-bond acceptors (Lipinski definition) is 3. The van der Waals surface area contributed by atoms with Crippen molar-refractivity contribution in [2.75, 3.05) is 25.5 Å². The SMILES string of the molecule is CNc1ccc(C(=O)NC2CCN3CCCC3C2)c(C)c1. The van der Waals surface area contributed by atoms with Crippen molar-refractivity contribution in [2.24, 2.45) is 0 Å². The topological polar surface area (TPSA) is 44.4 Å². The molecule has 2 fully saturated rings. The summed E-state index contributed by atoms with van der Waals surface area (Å²) in [5.74, 6) is 0.0756. The van der Waals surface area contributed by atoms with Crippen LogP contribution in [-0.4, -0.2) is 43.0 Å². The minimum atomic E-state index is 0.0756. The highest BCUT2D eigenvalue weighted by Crippen LogP contribution is 2.27. The summed E-state index contributed by atoms with van der Waals surface area (Å²) in [5, 5.41) is 6.34. The Morgan fingerprint density at radius 2 is 2.14 bits per heavy atom. The van der Waals surface area contributed by atoms with Crippen LogP contribution in [-0.2, 0) is 0 Å². The smallest absolute Gasteiger partial charge is 0.251 e. The van der Waals surface area contributed by atoms with E-state index in [2.05, 4.69) is 15.5 Å². The van der Waals surface area contributed by atoms with E-state index < -0.39 is 0 Å². The van der Waals surface area contributed by atoms with Gasteiger partial charge in [-0.05, 0) is 62.9 Å². The second-order valence-corrected chi connectivity index (χ2v) is 6.31. The van der Waals surface area contributed by atoms with Crippen LogP contribution in [0.5, 0.6) is 0 Å². The molecule has 2 unspecified atom stereocenters. The largest absolute Gasteiger partial charge is 0.388 e. The van der Waals surface area contributed by atoms with Gasteiger partial charge in [0, 0.05) is 36.9 Å². The normalized spacial score (nSPS) is 25.4. The van der Waals surface area contributed by atoms with Crippen LogP contribution in [0.4, 0.5) is 5.69 Å². The predicted octanol–water partition coefficient (Wildman–Crippen LogP) is 2.39. The molecule has 4 heteroatoms. The van der Waals surface area contributed by atoms with Gasteiger partial charge in [0.15, 0.2) is 0 Å². The lowest BCUT2D eigenvalue weighted by molar-refractivity contribution is 0.0895. The highest BCUT2D eigenvalue weighted by molar-refractivity contribution is 5.96. The van der Waals surface area contributed by atoms with Crippen molar-refractivity contribution in [1.29, 1.82) is 0 Å². The van der Waals surface area contributed by atoms with Gasteiger partial charge in [-0.1, -0.05) is 0 Å². The van der Waals surface area contributed by atoms with Crippen LogP contribution in [0, 0.1) is 6.92 Å². The van der Waals surface area contributed by atoms with Crippen molar-refractivity contribution < 1.29 is 4.79 Å².